The second-order valence-electron chi connectivity index (χ2n) is 2.64. The first-order chi connectivity index (χ1) is 6.70. The molecular formula is C8H12ClN3O2. The number of carbonyl (C=O) groups is 1. The Kier molecular flexibility index (Phi) is 3.91. The zero-order valence-corrected chi connectivity index (χ0v) is 8.58. The Morgan fingerprint density at radius 3 is 3.07 bits per heavy atom. The number of amides is 1. The molecule has 6 heteroatoms. The molecule has 1 heterocycles. The Morgan fingerprint density at radius 1 is 1.79 bits per heavy atom. The number of aliphatic hydroxyl groups is 1. The van der Waals surface area contributed by atoms with Crippen molar-refractivity contribution in [3.05, 3.63) is 16.9 Å². The number of hydrogen-bond donors (Lipinski definition) is 2. The number of aromatic nitrogens is 2. The van der Waals surface area contributed by atoms with Crippen LogP contribution in [-0.4, -0.2) is 33.9 Å². The fourth-order valence-electron chi connectivity index (χ4n) is 1.08. The molecule has 0 spiro atoms. The van der Waals surface area contributed by atoms with Crippen LogP contribution in [-0.2, 0) is 6.54 Å². The highest BCUT2D eigenvalue weighted by molar-refractivity contribution is 6.33. The van der Waals surface area contributed by atoms with Gasteiger partial charge in [-0.05, 0) is 6.92 Å². The zero-order chi connectivity index (χ0) is 10.6. The van der Waals surface area contributed by atoms with Crippen molar-refractivity contribution in [3.8, 4) is 0 Å². The summed E-state index contributed by atoms with van der Waals surface area (Å²) in [6.07, 6.45) is 1.43. The third-order valence-corrected chi connectivity index (χ3v) is 1.98. The van der Waals surface area contributed by atoms with Gasteiger partial charge in [-0.3, -0.25) is 9.48 Å². The second-order valence-corrected chi connectivity index (χ2v) is 3.04. The van der Waals surface area contributed by atoms with Crippen molar-refractivity contribution in [3.63, 3.8) is 0 Å². The fraction of sp³-hybridized carbons (Fsp3) is 0.500. The van der Waals surface area contributed by atoms with Crippen LogP contribution in [0.15, 0.2) is 6.20 Å². The summed E-state index contributed by atoms with van der Waals surface area (Å²) >= 11 is 5.79. The standard InChI is InChI=1S/C8H12ClN3O2/c1-2-12-7(6(9)5-11-12)8(14)10-3-4-13/h5,13H,2-4H2,1H3,(H,10,14). The number of aliphatic hydroxyl groups excluding tert-OH is 1. The number of nitrogens with zero attached hydrogens (tertiary/aromatic N) is 2. The SMILES string of the molecule is CCn1ncc(Cl)c1C(=O)NCCO. The largest absolute Gasteiger partial charge is 0.395 e. The molecule has 0 saturated heterocycles. The molecule has 1 aromatic rings. The second kappa shape index (κ2) is 4.97. The van der Waals surface area contributed by atoms with Crippen molar-refractivity contribution < 1.29 is 9.90 Å². The summed E-state index contributed by atoms with van der Waals surface area (Å²) in [7, 11) is 0. The third kappa shape index (κ3) is 2.24. The lowest BCUT2D eigenvalue weighted by atomic mass is 10.4. The Morgan fingerprint density at radius 2 is 2.50 bits per heavy atom. The summed E-state index contributed by atoms with van der Waals surface area (Å²) in [6.45, 7) is 2.56. The average molecular weight is 218 g/mol. The molecule has 0 unspecified atom stereocenters. The van der Waals surface area contributed by atoms with Crippen molar-refractivity contribution in [2.45, 2.75) is 13.5 Å². The first kappa shape index (κ1) is 11.0. The summed E-state index contributed by atoms with van der Waals surface area (Å²) in [5.74, 6) is -0.316. The molecule has 2 N–H and O–H groups in total. The number of rotatable bonds is 4. The van der Waals surface area contributed by atoms with Gasteiger partial charge in [0.05, 0.1) is 17.8 Å². The predicted octanol–water partition coefficient (Wildman–Crippen LogP) is 0.279. The molecule has 0 aliphatic heterocycles. The fourth-order valence-corrected chi connectivity index (χ4v) is 1.31. The van der Waals surface area contributed by atoms with E-state index in [9.17, 15) is 4.79 Å². The molecule has 5 nitrogen and oxygen atoms in total. The van der Waals surface area contributed by atoms with Crippen molar-refractivity contribution in [1.29, 1.82) is 0 Å². The van der Waals surface area contributed by atoms with Gasteiger partial charge in [-0.1, -0.05) is 11.6 Å². The summed E-state index contributed by atoms with van der Waals surface area (Å²) in [5, 5.41) is 15.3. The molecule has 0 atom stereocenters. The van der Waals surface area contributed by atoms with E-state index in [0.29, 0.717) is 17.3 Å². The monoisotopic (exact) mass is 217 g/mol. The van der Waals surface area contributed by atoms with Gasteiger partial charge in [0.1, 0.15) is 5.69 Å². The minimum Gasteiger partial charge on any atom is -0.395 e. The number of carbonyl (C=O) groups excluding carboxylic acids is 1. The summed E-state index contributed by atoms with van der Waals surface area (Å²) < 4.78 is 1.51. The summed E-state index contributed by atoms with van der Waals surface area (Å²) in [4.78, 5) is 11.5. The molecule has 0 radical (unpaired) electrons. The van der Waals surface area contributed by atoms with E-state index in [0.717, 1.165) is 0 Å². The van der Waals surface area contributed by atoms with Gasteiger partial charge in [-0.2, -0.15) is 5.10 Å². The van der Waals surface area contributed by atoms with Gasteiger partial charge in [-0.15, -0.1) is 0 Å². The van der Waals surface area contributed by atoms with Crippen LogP contribution in [0.4, 0.5) is 0 Å². The summed E-state index contributed by atoms with van der Waals surface area (Å²) in [5.41, 5.74) is 0.336. The number of hydrogen-bond acceptors (Lipinski definition) is 3. The van der Waals surface area contributed by atoms with Crippen LogP contribution >= 0.6 is 11.6 Å². The molecule has 0 aliphatic rings. The van der Waals surface area contributed by atoms with Gasteiger partial charge in [0.15, 0.2) is 0 Å². The van der Waals surface area contributed by atoms with Gasteiger partial charge in [0.2, 0.25) is 0 Å². The van der Waals surface area contributed by atoms with E-state index in [1.807, 2.05) is 6.92 Å². The minimum atomic E-state index is -0.316. The molecule has 0 bridgehead atoms. The predicted molar refractivity (Wildman–Crippen MR) is 52.3 cm³/mol. The van der Waals surface area contributed by atoms with E-state index in [1.54, 1.807) is 0 Å². The van der Waals surface area contributed by atoms with Gasteiger partial charge in [-0.25, -0.2) is 0 Å². The van der Waals surface area contributed by atoms with Crippen LogP contribution in [0, 0.1) is 0 Å². The van der Waals surface area contributed by atoms with Crippen molar-refractivity contribution in [1.82, 2.24) is 15.1 Å². The molecule has 1 rings (SSSR count). The number of halogens is 1. The molecule has 0 aliphatic carbocycles. The molecule has 0 saturated carbocycles. The van der Waals surface area contributed by atoms with E-state index in [2.05, 4.69) is 10.4 Å². The van der Waals surface area contributed by atoms with E-state index in [1.165, 1.54) is 10.9 Å². The van der Waals surface area contributed by atoms with Gasteiger partial charge < -0.3 is 10.4 Å². The molecular weight excluding hydrogens is 206 g/mol. The van der Waals surface area contributed by atoms with Crippen molar-refractivity contribution in [2.75, 3.05) is 13.2 Å². The Balaban J connectivity index is 2.82. The molecule has 1 amide bonds. The quantitative estimate of drug-likeness (QED) is 0.761. The number of aryl methyl sites for hydroxylation is 1. The highest BCUT2D eigenvalue weighted by Gasteiger charge is 2.15. The third-order valence-electron chi connectivity index (χ3n) is 1.71. The highest BCUT2D eigenvalue weighted by atomic mass is 35.5. The first-order valence-electron chi connectivity index (χ1n) is 4.31. The van der Waals surface area contributed by atoms with E-state index < -0.39 is 0 Å². The molecule has 0 fully saturated rings. The van der Waals surface area contributed by atoms with Crippen LogP contribution in [0.2, 0.25) is 5.02 Å². The van der Waals surface area contributed by atoms with Crippen LogP contribution in [0.1, 0.15) is 17.4 Å². The maximum atomic E-state index is 11.5. The lowest BCUT2D eigenvalue weighted by molar-refractivity contribution is 0.0934. The van der Waals surface area contributed by atoms with Crippen molar-refractivity contribution in [2.24, 2.45) is 0 Å². The van der Waals surface area contributed by atoms with Gasteiger partial charge >= 0.3 is 0 Å². The lowest BCUT2D eigenvalue weighted by Gasteiger charge is -2.05. The van der Waals surface area contributed by atoms with Crippen LogP contribution < -0.4 is 5.32 Å². The van der Waals surface area contributed by atoms with Gasteiger partial charge in [0, 0.05) is 13.1 Å². The van der Waals surface area contributed by atoms with E-state index in [4.69, 9.17) is 16.7 Å². The first-order valence-corrected chi connectivity index (χ1v) is 4.68. The van der Waals surface area contributed by atoms with Crippen LogP contribution in [0.3, 0.4) is 0 Å². The lowest BCUT2D eigenvalue weighted by Crippen LogP contribution is -2.28. The van der Waals surface area contributed by atoms with E-state index in [-0.39, 0.29) is 19.1 Å². The molecule has 0 aromatic carbocycles. The van der Waals surface area contributed by atoms with Crippen LogP contribution in [0.25, 0.3) is 0 Å². The Labute approximate surface area is 86.7 Å². The minimum absolute atomic E-state index is 0.0936. The molecule has 14 heavy (non-hydrogen) atoms. The smallest absolute Gasteiger partial charge is 0.271 e. The zero-order valence-electron chi connectivity index (χ0n) is 7.83. The molecule has 1 aromatic heterocycles. The van der Waals surface area contributed by atoms with Crippen molar-refractivity contribution >= 4 is 17.5 Å². The van der Waals surface area contributed by atoms with E-state index >= 15 is 0 Å². The number of nitrogens with one attached hydrogen (secondary N) is 1. The highest BCUT2D eigenvalue weighted by Crippen LogP contribution is 2.14. The van der Waals surface area contributed by atoms with Gasteiger partial charge in [0.25, 0.3) is 5.91 Å². The maximum absolute atomic E-state index is 11.5. The van der Waals surface area contributed by atoms with Crippen LogP contribution in [0.5, 0.6) is 0 Å². The Bertz CT molecular complexity index is 324. The molecule has 78 valence electrons. The topological polar surface area (TPSA) is 67.2 Å². The average Bonchev–Trinajstić information content (AvgIpc) is 2.56. The maximum Gasteiger partial charge on any atom is 0.271 e. The Hall–Kier alpha value is -1.07. The summed E-state index contributed by atoms with van der Waals surface area (Å²) in [6, 6.07) is 0. The normalized spacial score (nSPS) is 10.2.